The van der Waals surface area contributed by atoms with Crippen molar-refractivity contribution in [2.75, 3.05) is 0 Å². The summed E-state index contributed by atoms with van der Waals surface area (Å²) >= 11 is 3.23. The van der Waals surface area contributed by atoms with Crippen molar-refractivity contribution in [3.8, 4) is 0 Å². The first kappa shape index (κ1) is 12.6. The van der Waals surface area contributed by atoms with Gasteiger partial charge in [-0.2, -0.15) is 0 Å². The highest BCUT2D eigenvalue weighted by Crippen LogP contribution is 2.25. The van der Waals surface area contributed by atoms with Crippen LogP contribution in [0.5, 0.6) is 0 Å². The molecule has 5 nitrogen and oxygen atoms in total. The fourth-order valence-electron chi connectivity index (χ4n) is 1.42. The molecule has 86 valence electrons. The quantitative estimate of drug-likeness (QED) is 0.524. The van der Waals surface area contributed by atoms with E-state index < -0.39 is 10.9 Å². The molecule has 1 aromatic rings. The Morgan fingerprint density at radius 2 is 2.12 bits per heavy atom. The summed E-state index contributed by atoms with van der Waals surface area (Å²) in [4.78, 5) is 20.8. The molecule has 0 amide bonds. The first-order valence-electron chi connectivity index (χ1n) is 4.50. The van der Waals surface area contributed by atoms with Crippen LogP contribution in [0.3, 0.4) is 0 Å². The van der Waals surface area contributed by atoms with Gasteiger partial charge in [0.25, 0.3) is 5.69 Å². The number of carbonyl (C=O) groups is 1. The molecule has 1 rings (SSSR count). The van der Waals surface area contributed by atoms with E-state index in [1.807, 2.05) is 0 Å². The highest BCUT2D eigenvalue weighted by Gasteiger charge is 2.18. The Labute approximate surface area is 100 Å². The number of hydrogen-bond acceptors (Lipinski definition) is 3. The van der Waals surface area contributed by atoms with Gasteiger partial charge < -0.3 is 5.11 Å². The van der Waals surface area contributed by atoms with Gasteiger partial charge in [-0.05, 0) is 24.1 Å². The molecule has 6 heteroatoms. The summed E-state index contributed by atoms with van der Waals surface area (Å²) in [6.07, 6.45) is -0.334. The van der Waals surface area contributed by atoms with Crippen LogP contribution in [-0.4, -0.2) is 16.0 Å². The Hall–Kier alpha value is -1.43. The standard InChI is InChI=1S/C10H10BrNO4/c1-6-2-7(4-10(13)14)9(12(15)16)3-8(6)5-11/h2-3H,4-5H2,1H3,(H,13,14). The van der Waals surface area contributed by atoms with E-state index in [-0.39, 0.29) is 17.7 Å². The Morgan fingerprint density at radius 3 is 2.56 bits per heavy atom. The molecule has 0 radical (unpaired) electrons. The number of aryl methyl sites for hydroxylation is 1. The van der Waals surface area contributed by atoms with Crippen molar-refractivity contribution in [1.82, 2.24) is 0 Å². The second kappa shape index (κ2) is 5.07. The number of aliphatic carboxylic acids is 1. The van der Waals surface area contributed by atoms with E-state index in [4.69, 9.17) is 5.11 Å². The van der Waals surface area contributed by atoms with Gasteiger partial charge in [0.15, 0.2) is 0 Å². The Bertz CT molecular complexity index is 445. The van der Waals surface area contributed by atoms with Crippen LogP contribution in [0.25, 0.3) is 0 Å². The van der Waals surface area contributed by atoms with Crippen LogP contribution in [-0.2, 0) is 16.5 Å². The second-order valence-corrected chi connectivity index (χ2v) is 3.93. The lowest BCUT2D eigenvalue weighted by Crippen LogP contribution is -2.05. The van der Waals surface area contributed by atoms with Gasteiger partial charge in [0, 0.05) is 17.0 Å². The van der Waals surface area contributed by atoms with Crippen molar-refractivity contribution in [2.45, 2.75) is 18.7 Å². The Morgan fingerprint density at radius 1 is 1.50 bits per heavy atom. The number of hydrogen-bond donors (Lipinski definition) is 1. The van der Waals surface area contributed by atoms with Crippen molar-refractivity contribution < 1.29 is 14.8 Å². The van der Waals surface area contributed by atoms with E-state index in [1.54, 1.807) is 13.0 Å². The van der Waals surface area contributed by atoms with Crippen LogP contribution in [0.2, 0.25) is 0 Å². The van der Waals surface area contributed by atoms with Crippen LogP contribution >= 0.6 is 15.9 Å². The maximum Gasteiger partial charge on any atom is 0.308 e. The molecule has 0 aliphatic heterocycles. The molecule has 0 aliphatic carbocycles. The molecule has 1 N–H and O–H groups in total. The van der Waals surface area contributed by atoms with Crippen LogP contribution in [0.15, 0.2) is 12.1 Å². The fraction of sp³-hybridized carbons (Fsp3) is 0.300. The van der Waals surface area contributed by atoms with Gasteiger partial charge in [0.2, 0.25) is 0 Å². The monoisotopic (exact) mass is 287 g/mol. The number of nitrogens with zero attached hydrogens (tertiary/aromatic N) is 1. The molecule has 0 unspecified atom stereocenters. The Kier molecular flexibility index (Phi) is 4.00. The fourth-order valence-corrected chi connectivity index (χ4v) is 2.02. The predicted octanol–water partition coefficient (Wildman–Crippen LogP) is 2.43. The number of benzene rings is 1. The summed E-state index contributed by atoms with van der Waals surface area (Å²) in [5.41, 5.74) is 1.74. The van der Waals surface area contributed by atoms with Gasteiger partial charge in [0.05, 0.1) is 11.3 Å². The number of nitro benzene ring substituents is 1. The normalized spacial score (nSPS) is 10.1. The second-order valence-electron chi connectivity index (χ2n) is 3.37. The average molecular weight is 288 g/mol. The zero-order valence-corrected chi connectivity index (χ0v) is 10.2. The van der Waals surface area contributed by atoms with Crippen LogP contribution in [0, 0.1) is 17.0 Å². The molecule has 0 saturated heterocycles. The molecule has 0 aromatic heterocycles. The van der Waals surface area contributed by atoms with Crippen molar-refractivity contribution in [3.63, 3.8) is 0 Å². The molecule has 0 fully saturated rings. The molecule has 1 aromatic carbocycles. The lowest BCUT2D eigenvalue weighted by molar-refractivity contribution is -0.385. The predicted molar refractivity (Wildman–Crippen MR) is 61.8 cm³/mol. The number of nitro groups is 1. The summed E-state index contributed by atoms with van der Waals surface area (Å²) in [5.74, 6) is -1.07. The van der Waals surface area contributed by atoms with Gasteiger partial charge in [0.1, 0.15) is 0 Å². The summed E-state index contributed by atoms with van der Waals surface area (Å²) in [6, 6.07) is 2.98. The minimum absolute atomic E-state index is 0.137. The summed E-state index contributed by atoms with van der Waals surface area (Å²) in [5, 5.41) is 19.9. The molecule has 0 heterocycles. The topological polar surface area (TPSA) is 80.4 Å². The first-order valence-corrected chi connectivity index (χ1v) is 5.62. The minimum atomic E-state index is -1.07. The maximum absolute atomic E-state index is 10.8. The largest absolute Gasteiger partial charge is 0.481 e. The number of alkyl halides is 1. The average Bonchev–Trinajstić information content (AvgIpc) is 2.16. The Balaban J connectivity index is 3.30. The molecule has 0 atom stereocenters. The van der Waals surface area contributed by atoms with E-state index in [0.717, 1.165) is 11.1 Å². The minimum Gasteiger partial charge on any atom is -0.481 e. The third-order valence-electron chi connectivity index (χ3n) is 2.22. The van der Waals surface area contributed by atoms with E-state index in [1.165, 1.54) is 6.07 Å². The van der Waals surface area contributed by atoms with Crippen LogP contribution in [0.4, 0.5) is 5.69 Å². The van der Waals surface area contributed by atoms with E-state index in [9.17, 15) is 14.9 Å². The van der Waals surface area contributed by atoms with Crippen molar-refractivity contribution in [3.05, 3.63) is 38.9 Å². The number of carboxylic acids is 1. The van der Waals surface area contributed by atoms with Crippen molar-refractivity contribution in [1.29, 1.82) is 0 Å². The third-order valence-corrected chi connectivity index (χ3v) is 2.82. The molecule has 0 saturated carbocycles. The summed E-state index contributed by atoms with van der Waals surface area (Å²) in [6.45, 7) is 1.80. The van der Waals surface area contributed by atoms with Gasteiger partial charge in [-0.15, -0.1) is 0 Å². The lowest BCUT2D eigenvalue weighted by atomic mass is 10.0. The zero-order chi connectivity index (χ0) is 12.3. The smallest absolute Gasteiger partial charge is 0.308 e. The van der Waals surface area contributed by atoms with E-state index in [0.29, 0.717) is 5.33 Å². The van der Waals surface area contributed by atoms with E-state index in [2.05, 4.69) is 15.9 Å². The molecule has 0 spiro atoms. The number of carboxylic acid groups (broad SMARTS) is 1. The number of rotatable bonds is 4. The summed E-state index contributed by atoms with van der Waals surface area (Å²) in [7, 11) is 0. The zero-order valence-electron chi connectivity index (χ0n) is 8.57. The van der Waals surface area contributed by atoms with Gasteiger partial charge in [-0.25, -0.2) is 0 Å². The maximum atomic E-state index is 10.8. The van der Waals surface area contributed by atoms with Crippen molar-refractivity contribution in [2.24, 2.45) is 0 Å². The van der Waals surface area contributed by atoms with Gasteiger partial charge in [-0.1, -0.05) is 15.9 Å². The molecule has 0 bridgehead atoms. The summed E-state index contributed by atoms with van der Waals surface area (Å²) < 4.78 is 0. The number of halogens is 1. The third kappa shape index (κ3) is 2.79. The van der Waals surface area contributed by atoms with Crippen LogP contribution < -0.4 is 0 Å². The van der Waals surface area contributed by atoms with E-state index >= 15 is 0 Å². The SMILES string of the molecule is Cc1cc(CC(=O)O)c([N+](=O)[O-])cc1CBr. The van der Waals surface area contributed by atoms with Crippen molar-refractivity contribution >= 4 is 27.6 Å². The molecule has 16 heavy (non-hydrogen) atoms. The lowest BCUT2D eigenvalue weighted by Gasteiger charge is -2.06. The molecule has 0 aliphatic rings. The van der Waals surface area contributed by atoms with Crippen LogP contribution in [0.1, 0.15) is 16.7 Å². The van der Waals surface area contributed by atoms with Gasteiger partial charge >= 0.3 is 5.97 Å². The first-order chi connectivity index (χ1) is 7.45. The van der Waals surface area contributed by atoms with Gasteiger partial charge in [-0.3, -0.25) is 14.9 Å². The molecular formula is C10H10BrNO4. The highest BCUT2D eigenvalue weighted by molar-refractivity contribution is 9.08. The highest BCUT2D eigenvalue weighted by atomic mass is 79.9. The molecular weight excluding hydrogens is 278 g/mol.